The number of carbonyl (C=O) groups excluding carboxylic acids is 1. The predicted molar refractivity (Wildman–Crippen MR) is 114 cm³/mol. The largest absolute Gasteiger partial charge is 0.348 e. The summed E-state index contributed by atoms with van der Waals surface area (Å²) in [4.78, 5) is 12.6. The van der Waals surface area contributed by atoms with E-state index >= 15 is 0 Å². The summed E-state index contributed by atoms with van der Waals surface area (Å²) in [7, 11) is -3.52. The summed E-state index contributed by atoms with van der Waals surface area (Å²) in [6, 6.07) is 13.6. The van der Waals surface area contributed by atoms with E-state index in [9.17, 15) is 13.2 Å². The average molecular weight is 403 g/mol. The van der Waals surface area contributed by atoms with E-state index < -0.39 is 10.0 Å². The first-order valence-electron chi connectivity index (χ1n) is 9.47. The molecule has 0 radical (unpaired) electrons. The molecule has 152 valence electrons. The smallest absolute Gasteiger partial charge is 0.235 e. The number of nitrogens with one attached hydrogen (secondary N) is 1. The van der Waals surface area contributed by atoms with Gasteiger partial charge >= 0.3 is 0 Å². The van der Waals surface area contributed by atoms with Gasteiger partial charge in [-0.1, -0.05) is 60.5 Å². The Morgan fingerprint density at radius 3 is 2.18 bits per heavy atom. The maximum atomic E-state index is 12.6. The van der Waals surface area contributed by atoms with Gasteiger partial charge < -0.3 is 5.32 Å². The van der Waals surface area contributed by atoms with Crippen LogP contribution in [0.25, 0.3) is 0 Å². The standard InChI is InChI=1S/C22H30N2O3S/c1-6-21(20-12-9-17(3)13-18(20)4)23-22(25)15-24(28(5,26)27)14-19-10-7-16(2)8-11-19/h7-13,21H,6,14-15H2,1-5H3,(H,23,25). The fourth-order valence-corrected chi connectivity index (χ4v) is 3.94. The monoisotopic (exact) mass is 402 g/mol. The molecule has 0 heterocycles. The second kappa shape index (κ2) is 9.34. The molecule has 2 aromatic carbocycles. The molecule has 0 aliphatic rings. The molecule has 1 atom stereocenters. The first-order valence-corrected chi connectivity index (χ1v) is 11.3. The van der Waals surface area contributed by atoms with E-state index in [4.69, 9.17) is 0 Å². The van der Waals surface area contributed by atoms with Crippen LogP contribution in [0.5, 0.6) is 0 Å². The van der Waals surface area contributed by atoms with E-state index in [1.807, 2.05) is 64.1 Å². The fraction of sp³-hybridized carbons (Fsp3) is 0.409. The van der Waals surface area contributed by atoms with Crippen molar-refractivity contribution in [2.45, 2.75) is 46.7 Å². The number of rotatable bonds is 8. The number of sulfonamides is 1. The van der Waals surface area contributed by atoms with Crippen molar-refractivity contribution in [3.8, 4) is 0 Å². The lowest BCUT2D eigenvalue weighted by Crippen LogP contribution is -2.41. The van der Waals surface area contributed by atoms with E-state index in [-0.39, 0.29) is 25.0 Å². The van der Waals surface area contributed by atoms with Gasteiger partial charge in [-0.25, -0.2) is 8.42 Å². The van der Waals surface area contributed by atoms with E-state index in [1.54, 1.807) is 0 Å². The van der Waals surface area contributed by atoms with Crippen LogP contribution in [0, 0.1) is 20.8 Å². The molecule has 0 aliphatic heterocycles. The molecule has 0 saturated carbocycles. The van der Waals surface area contributed by atoms with E-state index in [0.717, 1.165) is 34.9 Å². The van der Waals surface area contributed by atoms with Crippen LogP contribution >= 0.6 is 0 Å². The number of benzene rings is 2. The van der Waals surface area contributed by atoms with Crippen LogP contribution in [0.3, 0.4) is 0 Å². The van der Waals surface area contributed by atoms with E-state index in [2.05, 4.69) is 11.4 Å². The Bertz CT molecular complexity index is 921. The van der Waals surface area contributed by atoms with Gasteiger partial charge in [0.25, 0.3) is 0 Å². The van der Waals surface area contributed by atoms with Crippen molar-refractivity contribution in [2.24, 2.45) is 0 Å². The van der Waals surface area contributed by atoms with E-state index in [1.165, 1.54) is 9.87 Å². The average Bonchev–Trinajstić information content (AvgIpc) is 2.60. The lowest BCUT2D eigenvalue weighted by molar-refractivity contribution is -0.122. The molecule has 0 aromatic heterocycles. The van der Waals surface area contributed by atoms with Gasteiger partial charge in [-0.2, -0.15) is 4.31 Å². The summed E-state index contributed by atoms with van der Waals surface area (Å²) in [5.74, 6) is -0.302. The zero-order valence-corrected chi connectivity index (χ0v) is 18.1. The zero-order chi connectivity index (χ0) is 20.9. The maximum Gasteiger partial charge on any atom is 0.235 e. The Hall–Kier alpha value is -2.18. The minimum Gasteiger partial charge on any atom is -0.348 e. The van der Waals surface area contributed by atoms with Crippen LogP contribution in [-0.2, 0) is 21.4 Å². The molecule has 6 heteroatoms. The van der Waals surface area contributed by atoms with Gasteiger partial charge in [0.15, 0.2) is 0 Å². The fourth-order valence-electron chi connectivity index (χ4n) is 3.20. The highest BCUT2D eigenvalue weighted by Gasteiger charge is 2.22. The molecule has 0 spiro atoms. The molecule has 0 saturated heterocycles. The third-order valence-corrected chi connectivity index (χ3v) is 6.01. The van der Waals surface area contributed by atoms with Crippen molar-refractivity contribution in [3.63, 3.8) is 0 Å². The van der Waals surface area contributed by atoms with Gasteiger partial charge in [-0.15, -0.1) is 0 Å². The highest BCUT2D eigenvalue weighted by atomic mass is 32.2. The zero-order valence-electron chi connectivity index (χ0n) is 17.3. The Morgan fingerprint density at radius 2 is 1.64 bits per heavy atom. The van der Waals surface area contributed by atoms with Crippen molar-refractivity contribution >= 4 is 15.9 Å². The van der Waals surface area contributed by atoms with Crippen LogP contribution in [0.1, 0.15) is 47.2 Å². The molecule has 0 fully saturated rings. The molecule has 0 aliphatic carbocycles. The molecule has 2 rings (SSSR count). The minimum absolute atomic E-state index is 0.145. The third kappa shape index (κ3) is 6.17. The summed E-state index contributed by atoms with van der Waals surface area (Å²) >= 11 is 0. The van der Waals surface area contributed by atoms with Gasteiger partial charge in [0.1, 0.15) is 0 Å². The van der Waals surface area contributed by atoms with Crippen LogP contribution in [0.15, 0.2) is 42.5 Å². The van der Waals surface area contributed by atoms with Crippen molar-refractivity contribution in [1.29, 1.82) is 0 Å². The lowest BCUT2D eigenvalue weighted by Gasteiger charge is -2.23. The number of aryl methyl sites for hydroxylation is 3. The lowest BCUT2D eigenvalue weighted by atomic mass is 9.97. The highest BCUT2D eigenvalue weighted by molar-refractivity contribution is 7.88. The summed E-state index contributed by atoms with van der Waals surface area (Å²) in [6.07, 6.45) is 1.86. The summed E-state index contributed by atoms with van der Waals surface area (Å²) in [5.41, 5.74) is 5.30. The molecule has 28 heavy (non-hydrogen) atoms. The van der Waals surface area contributed by atoms with Crippen molar-refractivity contribution < 1.29 is 13.2 Å². The Morgan fingerprint density at radius 1 is 1.04 bits per heavy atom. The number of carbonyl (C=O) groups is 1. The second-order valence-corrected chi connectivity index (χ2v) is 9.39. The quantitative estimate of drug-likeness (QED) is 0.733. The van der Waals surface area contributed by atoms with Crippen LogP contribution in [0.2, 0.25) is 0 Å². The summed E-state index contributed by atoms with van der Waals surface area (Å²) in [6.45, 7) is 8.01. The molecular formula is C22H30N2O3S. The summed E-state index contributed by atoms with van der Waals surface area (Å²) < 4.78 is 25.6. The number of amides is 1. The molecule has 1 unspecified atom stereocenters. The number of hydrogen-bond donors (Lipinski definition) is 1. The summed E-state index contributed by atoms with van der Waals surface area (Å²) in [5, 5.41) is 3.00. The van der Waals surface area contributed by atoms with Crippen molar-refractivity contribution in [3.05, 3.63) is 70.3 Å². The van der Waals surface area contributed by atoms with Crippen LogP contribution in [-0.4, -0.2) is 31.4 Å². The molecule has 2 aromatic rings. The first kappa shape index (κ1) is 22.1. The van der Waals surface area contributed by atoms with Gasteiger partial charge in [0.05, 0.1) is 18.8 Å². The SMILES string of the molecule is CCC(NC(=O)CN(Cc1ccc(C)cc1)S(C)(=O)=O)c1ccc(C)cc1C. The predicted octanol–water partition coefficient (Wildman–Crippen LogP) is 3.64. The molecule has 5 nitrogen and oxygen atoms in total. The van der Waals surface area contributed by atoms with Gasteiger partial charge in [0, 0.05) is 6.54 Å². The van der Waals surface area contributed by atoms with Crippen molar-refractivity contribution in [1.82, 2.24) is 9.62 Å². The Labute approximate surface area is 168 Å². The van der Waals surface area contributed by atoms with Crippen LogP contribution < -0.4 is 5.32 Å². The molecule has 1 N–H and O–H groups in total. The molecular weight excluding hydrogens is 372 g/mol. The Balaban J connectivity index is 2.12. The van der Waals surface area contributed by atoms with Crippen LogP contribution in [0.4, 0.5) is 0 Å². The normalized spacial score (nSPS) is 12.8. The number of hydrogen-bond acceptors (Lipinski definition) is 3. The van der Waals surface area contributed by atoms with Gasteiger partial charge in [-0.05, 0) is 43.9 Å². The Kier molecular flexibility index (Phi) is 7.38. The van der Waals surface area contributed by atoms with E-state index in [0.29, 0.717) is 0 Å². The molecule has 0 bridgehead atoms. The molecule has 1 amide bonds. The highest BCUT2D eigenvalue weighted by Crippen LogP contribution is 2.22. The maximum absolute atomic E-state index is 12.6. The van der Waals surface area contributed by atoms with Crippen molar-refractivity contribution in [2.75, 3.05) is 12.8 Å². The minimum atomic E-state index is -3.52. The first-order chi connectivity index (χ1) is 13.1. The number of nitrogens with zero attached hydrogens (tertiary/aromatic N) is 1. The van der Waals surface area contributed by atoms with Gasteiger partial charge in [0.2, 0.25) is 15.9 Å². The third-order valence-electron chi connectivity index (χ3n) is 4.81. The van der Waals surface area contributed by atoms with Gasteiger partial charge in [-0.3, -0.25) is 4.79 Å². The second-order valence-electron chi connectivity index (χ2n) is 7.41. The topological polar surface area (TPSA) is 66.5 Å².